The monoisotopic (exact) mass is 449 g/mol. The van der Waals surface area contributed by atoms with E-state index in [0.29, 0.717) is 9.82 Å². The van der Waals surface area contributed by atoms with Crippen LogP contribution in [0.3, 0.4) is 0 Å². The standard InChI is InChI=1S/C23H16ClN3O3S/c1-26-20(15-10-12-18(24)13-11-15)21(16-6-3-2-4-7-16)31-23(26)25-22(28)17-8-5-9-19(14-17)27(29)30/h2-14H,1H3. The van der Waals surface area contributed by atoms with Gasteiger partial charge in [0.15, 0.2) is 4.80 Å². The largest absolute Gasteiger partial charge is 0.319 e. The van der Waals surface area contributed by atoms with Gasteiger partial charge in [-0.2, -0.15) is 4.99 Å². The van der Waals surface area contributed by atoms with E-state index in [1.807, 2.05) is 66.2 Å². The molecule has 0 aliphatic rings. The number of nitro benzene ring substituents is 1. The number of hydrogen-bond donors (Lipinski definition) is 0. The molecule has 1 amide bonds. The molecule has 3 aromatic carbocycles. The SMILES string of the molecule is Cn1c(-c2ccc(Cl)cc2)c(-c2ccccc2)sc1=NC(=O)c1cccc([N+](=O)[O-])c1. The molecule has 0 aliphatic carbocycles. The number of carbonyl (C=O) groups is 1. The zero-order valence-electron chi connectivity index (χ0n) is 16.4. The lowest BCUT2D eigenvalue weighted by Crippen LogP contribution is -2.14. The van der Waals surface area contributed by atoms with E-state index >= 15 is 0 Å². The number of non-ortho nitro benzene ring substituents is 1. The van der Waals surface area contributed by atoms with Crippen molar-refractivity contribution in [3.05, 3.63) is 104 Å². The average molecular weight is 450 g/mol. The van der Waals surface area contributed by atoms with Crippen LogP contribution >= 0.6 is 22.9 Å². The summed E-state index contributed by atoms with van der Waals surface area (Å²) in [5.74, 6) is -0.539. The molecule has 4 rings (SSSR count). The van der Waals surface area contributed by atoms with Crippen molar-refractivity contribution in [1.29, 1.82) is 0 Å². The second kappa shape index (κ2) is 8.67. The summed E-state index contributed by atoms with van der Waals surface area (Å²) in [6.45, 7) is 0. The van der Waals surface area contributed by atoms with E-state index < -0.39 is 10.8 Å². The zero-order chi connectivity index (χ0) is 22.0. The third kappa shape index (κ3) is 4.33. The molecule has 1 aromatic heterocycles. The number of carbonyl (C=O) groups excluding carboxylic acids is 1. The van der Waals surface area contributed by atoms with Crippen molar-refractivity contribution in [2.75, 3.05) is 0 Å². The first-order valence-electron chi connectivity index (χ1n) is 9.29. The van der Waals surface area contributed by atoms with Gasteiger partial charge in [0.25, 0.3) is 11.6 Å². The average Bonchev–Trinajstić information content (AvgIpc) is 3.11. The maximum atomic E-state index is 12.8. The van der Waals surface area contributed by atoms with Crippen molar-refractivity contribution < 1.29 is 9.72 Å². The van der Waals surface area contributed by atoms with Gasteiger partial charge in [0.2, 0.25) is 0 Å². The molecule has 0 spiro atoms. The Hall–Kier alpha value is -3.55. The lowest BCUT2D eigenvalue weighted by Gasteiger charge is -2.07. The molecule has 0 fully saturated rings. The van der Waals surface area contributed by atoms with Crippen molar-refractivity contribution in [2.45, 2.75) is 0 Å². The molecule has 0 saturated carbocycles. The topological polar surface area (TPSA) is 77.5 Å². The summed E-state index contributed by atoms with van der Waals surface area (Å²) in [5.41, 5.74) is 2.85. The van der Waals surface area contributed by atoms with Gasteiger partial charge in [0, 0.05) is 29.8 Å². The molecule has 6 nitrogen and oxygen atoms in total. The molecule has 8 heteroatoms. The van der Waals surface area contributed by atoms with E-state index in [2.05, 4.69) is 4.99 Å². The van der Waals surface area contributed by atoms with Crippen molar-refractivity contribution in [3.63, 3.8) is 0 Å². The molecular formula is C23H16ClN3O3S. The van der Waals surface area contributed by atoms with Crippen LogP contribution in [0, 0.1) is 10.1 Å². The number of aromatic nitrogens is 1. The summed E-state index contributed by atoms with van der Waals surface area (Å²) in [7, 11) is 1.84. The summed E-state index contributed by atoms with van der Waals surface area (Å²) in [6.07, 6.45) is 0. The van der Waals surface area contributed by atoms with Gasteiger partial charge < -0.3 is 4.57 Å². The van der Waals surface area contributed by atoms with Crippen LogP contribution in [0.2, 0.25) is 5.02 Å². The van der Waals surface area contributed by atoms with Gasteiger partial charge in [-0.25, -0.2) is 0 Å². The van der Waals surface area contributed by atoms with Gasteiger partial charge in [-0.3, -0.25) is 14.9 Å². The summed E-state index contributed by atoms with van der Waals surface area (Å²) in [6, 6.07) is 22.9. The molecule has 0 bridgehead atoms. The van der Waals surface area contributed by atoms with Crippen molar-refractivity contribution >= 4 is 34.5 Å². The number of hydrogen-bond acceptors (Lipinski definition) is 4. The maximum Gasteiger partial charge on any atom is 0.279 e. The van der Waals surface area contributed by atoms with Crippen LogP contribution in [0.4, 0.5) is 5.69 Å². The molecule has 0 radical (unpaired) electrons. The van der Waals surface area contributed by atoms with Gasteiger partial charge in [0.05, 0.1) is 15.5 Å². The summed E-state index contributed by atoms with van der Waals surface area (Å²) in [4.78, 5) is 29.0. The normalized spacial score (nSPS) is 11.5. The minimum Gasteiger partial charge on any atom is -0.319 e. The molecule has 4 aromatic rings. The molecule has 1 heterocycles. The number of rotatable bonds is 4. The number of nitrogens with zero attached hydrogens (tertiary/aromatic N) is 3. The third-order valence-corrected chi connectivity index (χ3v) is 6.12. The second-order valence-corrected chi connectivity index (χ2v) is 8.13. The van der Waals surface area contributed by atoms with E-state index in [-0.39, 0.29) is 11.3 Å². The lowest BCUT2D eigenvalue weighted by molar-refractivity contribution is -0.384. The molecule has 0 saturated heterocycles. The minimum atomic E-state index is -0.539. The van der Waals surface area contributed by atoms with E-state index in [0.717, 1.165) is 21.7 Å². The fourth-order valence-corrected chi connectivity index (χ4v) is 4.45. The smallest absolute Gasteiger partial charge is 0.279 e. The number of halogens is 1. The molecule has 154 valence electrons. The second-order valence-electron chi connectivity index (χ2n) is 6.72. The van der Waals surface area contributed by atoms with Crippen LogP contribution in [-0.4, -0.2) is 15.4 Å². The molecule has 0 aliphatic heterocycles. The summed E-state index contributed by atoms with van der Waals surface area (Å²) in [5, 5.41) is 11.7. The Labute approximate surface area is 186 Å². The summed E-state index contributed by atoms with van der Waals surface area (Å²) < 4.78 is 1.85. The van der Waals surface area contributed by atoms with Gasteiger partial charge in [-0.1, -0.05) is 71.5 Å². The molecule has 0 atom stereocenters. The highest BCUT2D eigenvalue weighted by atomic mass is 35.5. The van der Waals surface area contributed by atoms with Crippen molar-refractivity contribution in [2.24, 2.45) is 12.0 Å². The Bertz CT molecular complexity index is 1340. The van der Waals surface area contributed by atoms with Crippen LogP contribution in [-0.2, 0) is 7.05 Å². The zero-order valence-corrected chi connectivity index (χ0v) is 17.9. The van der Waals surface area contributed by atoms with Crippen molar-refractivity contribution in [1.82, 2.24) is 4.57 Å². The Kier molecular flexibility index (Phi) is 5.79. The molecule has 0 N–H and O–H groups in total. The fourth-order valence-electron chi connectivity index (χ4n) is 3.18. The minimum absolute atomic E-state index is 0.150. The van der Waals surface area contributed by atoms with Gasteiger partial charge >= 0.3 is 0 Å². The van der Waals surface area contributed by atoms with Crippen LogP contribution < -0.4 is 4.80 Å². The first-order chi connectivity index (χ1) is 14.9. The van der Waals surface area contributed by atoms with E-state index in [1.165, 1.54) is 35.6 Å². The van der Waals surface area contributed by atoms with Crippen LogP contribution in [0.15, 0.2) is 83.9 Å². The Morgan fingerprint density at radius 3 is 2.39 bits per heavy atom. The number of thiazole rings is 1. The molecule has 0 unspecified atom stereocenters. The van der Waals surface area contributed by atoms with E-state index in [1.54, 1.807) is 0 Å². The number of nitro groups is 1. The Morgan fingerprint density at radius 2 is 1.71 bits per heavy atom. The van der Waals surface area contributed by atoms with E-state index in [9.17, 15) is 14.9 Å². The van der Waals surface area contributed by atoms with Gasteiger partial charge in [0.1, 0.15) is 0 Å². The predicted octanol–water partition coefficient (Wildman–Crippen LogP) is 5.72. The van der Waals surface area contributed by atoms with Crippen LogP contribution in [0.5, 0.6) is 0 Å². The Balaban J connectivity index is 1.87. The van der Waals surface area contributed by atoms with Gasteiger partial charge in [-0.15, -0.1) is 0 Å². The summed E-state index contributed by atoms with van der Waals surface area (Å²) >= 11 is 7.44. The Morgan fingerprint density at radius 1 is 1.00 bits per heavy atom. The highest BCUT2D eigenvalue weighted by molar-refractivity contribution is 7.13. The van der Waals surface area contributed by atoms with Crippen molar-refractivity contribution in [3.8, 4) is 21.7 Å². The quantitative estimate of drug-likeness (QED) is 0.295. The highest BCUT2D eigenvalue weighted by Crippen LogP contribution is 2.34. The maximum absolute atomic E-state index is 12.8. The first kappa shape index (κ1) is 20.7. The number of amides is 1. The van der Waals surface area contributed by atoms with Gasteiger partial charge in [-0.05, 0) is 29.3 Å². The lowest BCUT2D eigenvalue weighted by atomic mass is 10.1. The first-order valence-corrected chi connectivity index (χ1v) is 10.5. The molecule has 31 heavy (non-hydrogen) atoms. The van der Waals surface area contributed by atoms with Crippen LogP contribution in [0.25, 0.3) is 21.7 Å². The third-order valence-electron chi connectivity index (χ3n) is 4.69. The van der Waals surface area contributed by atoms with E-state index in [4.69, 9.17) is 11.6 Å². The molecular weight excluding hydrogens is 434 g/mol. The fraction of sp³-hybridized carbons (Fsp3) is 0.0435. The number of benzene rings is 3. The van der Waals surface area contributed by atoms with Crippen LogP contribution in [0.1, 0.15) is 10.4 Å². The predicted molar refractivity (Wildman–Crippen MR) is 122 cm³/mol. The highest BCUT2D eigenvalue weighted by Gasteiger charge is 2.17.